The van der Waals surface area contributed by atoms with E-state index in [1.54, 1.807) is 32.9 Å². The lowest BCUT2D eigenvalue weighted by molar-refractivity contribution is -0.137. The number of carbonyl (C=O) groups excluding carboxylic acids is 1. The standard InChI is InChI=1S/C20H23F3N2O4/c1-19(2,3)29-18(26)24-10-11-27-12-16-13-28-17(25-16)9-6-14-4-7-15(8-5-14)20(21,22)23/h4-9,13H,10-12H2,1-3H3,(H,24,26)/b9-6+. The van der Waals surface area contributed by atoms with Gasteiger partial charge in [0.1, 0.15) is 17.6 Å². The molecule has 29 heavy (non-hydrogen) atoms. The van der Waals surface area contributed by atoms with Gasteiger partial charge in [0.05, 0.1) is 18.8 Å². The predicted molar refractivity (Wildman–Crippen MR) is 101 cm³/mol. The van der Waals surface area contributed by atoms with Crippen molar-refractivity contribution in [1.29, 1.82) is 0 Å². The summed E-state index contributed by atoms with van der Waals surface area (Å²) in [6.07, 6.45) is -0.300. The van der Waals surface area contributed by atoms with Gasteiger partial charge in [-0.2, -0.15) is 13.2 Å². The normalized spacial score (nSPS) is 12.3. The maximum Gasteiger partial charge on any atom is 0.416 e. The molecule has 0 saturated carbocycles. The van der Waals surface area contributed by atoms with E-state index in [1.807, 2.05) is 0 Å². The zero-order valence-corrected chi connectivity index (χ0v) is 16.4. The predicted octanol–water partition coefficient (Wildman–Crippen LogP) is 4.91. The van der Waals surface area contributed by atoms with Gasteiger partial charge in [0.2, 0.25) is 5.89 Å². The summed E-state index contributed by atoms with van der Waals surface area (Å²) in [6, 6.07) is 4.76. The number of ether oxygens (including phenoxy) is 2. The van der Waals surface area contributed by atoms with Gasteiger partial charge in [0.15, 0.2) is 0 Å². The highest BCUT2D eigenvalue weighted by Gasteiger charge is 2.29. The van der Waals surface area contributed by atoms with Crippen LogP contribution in [0.5, 0.6) is 0 Å². The number of benzene rings is 1. The molecule has 9 heteroatoms. The number of nitrogens with one attached hydrogen (secondary N) is 1. The Kier molecular flexibility index (Phi) is 7.44. The van der Waals surface area contributed by atoms with Crippen LogP contribution in [0.4, 0.5) is 18.0 Å². The van der Waals surface area contributed by atoms with Gasteiger partial charge in [-0.3, -0.25) is 0 Å². The molecule has 0 bridgehead atoms. The van der Waals surface area contributed by atoms with Crippen LogP contribution in [-0.2, 0) is 22.3 Å². The van der Waals surface area contributed by atoms with E-state index < -0.39 is 23.4 Å². The molecule has 1 aromatic carbocycles. The third kappa shape index (κ3) is 8.39. The fourth-order valence-electron chi connectivity index (χ4n) is 2.13. The lowest BCUT2D eigenvalue weighted by atomic mass is 10.1. The molecule has 0 saturated heterocycles. The van der Waals surface area contributed by atoms with Crippen molar-refractivity contribution in [2.75, 3.05) is 13.2 Å². The number of rotatable bonds is 7. The van der Waals surface area contributed by atoms with Crippen molar-refractivity contribution in [3.05, 3.63) is 53.2 Å². The molecule has 1 heterocycles. The van der Waals surface area contributed by atoms with Gasteiger partial charge in [-0.15, -0.1) is 0 Å². The van der Waals surface area contributed by atoms with Gasteiger partial charge in [-0.05, 0) is 44.5 Å². The Morgan fingerprint density at radius 3 is 2.48 bits per heavy atom. The smallest absolute Gasteiger partial charge is 0.416 e. The van der Waals surface area contributed by atoms with Crippen molar-refractivity contribution >= 4 is 18.2 Å². The molecule has 0 spiro atoms. The van der Waals surface area contributed by atoms with E-state index in [1.165, 1.54) is 18.4 Å². The molecule has 0 fully saturated rings. The minimum absolute atomic E-state index is 0.188. The van der Waals surface area contributed by atoms with Gasteiger partial charge in [-0.1, -0.05) is 12.1 Å². The Hall–Kier alpha value is -2.81. The number of amides is 1. The number of hydrogen-bond donors (Lipinski definition) is 1. The van der Waals surface area contributed by atoms with E-state index in [9.17, 15) is 18.0 Å². The summed E-state index contributed by atoms with van der Waals surface area (Å²) >= 11 is 0. The Bertz CT molecular complexity index is 821. The summed E-state index contributed by atoms with van der Waals surface area (Å²) in [4.78, 5) is 15.7. The molecular weight excluding hydrogens is 389 g/mol. The molecule has 0 atom stereocenters. The molecule has 6 nitrogen and oxygen atoms in total. The van der Waals surface area contributed by atoms with E-state index in [4.69, 9.17) is 13.9 Å². The van der Waals surface area contributed by atoms with Gasteiger partial charge >= 0.3 is 12.3 Å². The third-order valence-corrected chi connectivity index (χ3v) is 3.39. The van der Waals surface area contributed by atoms with Crippen molar-refractivity contribution < 1.29 is 31.9 Å². The first-order chi connectivity index (χ1) is 13.5. The van der Waals surface area contributed by atoms with Gasteiger partial charge in [0, 0.05) is 12.6 Å². The van der Waals surface area contributed by atoms with Gasteiger partial charge in [-0.25, -0.2) is 9.78 Å². The number of halogens is 3. The lowest BCUT2D eigenvalue weighted by Gasteiger charge is -2.19. The van der Waals surface area contributed by atoms with Crippen molar-refractivity contribution in [2.45, 2.75) is 39.2 Å². The van der Waals surface area contributed by atoms with Gasteiger partial charge in [0.25, 0.3) is 0 Å². The summed E-state index contributed by atoms with van der Waals surface area (Å²) in [6.45, 7) is 6.07. The molecule has 0 aliphatic heterocycles. The van der Waals surface area contributed by atoms with E-state index in [0.29, 0.717) is 17.1 Å². The average Bonchev–Trinajstić information content (AvgIpc) is 3.05. The third-order valence-electron chi connectivity index (χ3n) is 3.39. The van der Waals surface area contributed by atoms with Crippen LogP contribution >= 0.6 is 0 Å². The Morgan fingerprint density at radius 1 is 1.17 bits per heavy atom. The molecule has 0 aliphatic rings. The van der Waals surface area contributed by atoms with Crippen LogP contribution in [-0.4, -0.2) is 29.8 Å². The summed E-state index contributed by atoms with van der Waals surface area (Å²) in [5, 5.41) is 2.57. The number of alkyl halides is 3. The zero-order chi connectivity index (χ0) is 21.5. The van der Waals surface area contributed by atoms with Crippen molar-refractivity contribution in [3.63, 3.8) is 0 Å². The number of carbonyl (C=O) groups is 1. The molecule has 1 N–H and O–H groups in total. The Morgan fingerprint density at radius 2 is 1.86 bits per heavy atom. The number of aromatic nitrogens is 1. The highest BCUT2D eigenvalue weighted by Crippen LogP contribution is 2.29. The van der Waals surface area contributed by atoms with E-state index in [0.717, 1.165) is 12.1 Å². The molecule has 1 aromatic heterocycles. The lowest BCUT2D eigenvalue weighted by Crippen LogP contribution is -2.34. The van der Waals surface area contributed by atoms with Crippen molar-refractivity contribution in [2.24, 2.45) is 0 Å². The Labute approximate surface area is 166 Å². The maximum absolute atomic E-state index is 12.5. The van der Waals surface area contributed by atoms with Crippen molar-refractivity contribution in [3.8, 4) is 0 Å². The first kappa shape index (κ1) is 22.5. The molecule has 0 aliphatic carbocycles. The minimum Gasteiger partial charge on any atom is -0.445 e. The van der Waals surface area contributed by atoms with Crippen LogP contribution in [0.3, 0.4) is 0 Å². The minimum atomic E-state index is -4.36. The molecule has 0 unspecified atom stereocenters. The number of hydrogen-bond acceptors (Lipinski definition) is 5. The van der Waals surface area contributed by atoms with Crippen LogP contribution in [0.15, 0.2) is 34.9 Å². The van der Waals surface area contributed by atoms with E-state index >= 15 is 0 Å². The summed E-state index contributed by atoms with van der Waals surface area (Å²) in [7, 11) is 0. The molecule has 2 rings (SSSR count). The SMILES string of the molecule is CC(C)(C)OC(=O)NCCOCc1coc(/C=C/c2ccc(C(F)(F)F)cc2)n1. The second-order valence-corrected chi connectivity index (χ2v) is 7.11. The topological polar surface area (TPSA) is 73.6 Å². The molecule has 2 aromatic rings. The largest absolute Gasteiger partial charge is 0.445 e. The Balaban J connectivity index is 1.74. The fourth-order valence-corrected chi connectivity index (χ4v) is 2.13. The van der Waals surface area contributed by atoms with E-state index in [2.05, 4.69) is 10.3 Å². The fraction of sp³-hybridized carbons (Fsp3) is 0.400. The van der Waals surface area contributed by atoms with Crippen LogP contribution in [0.25, 0.3) is 12.2 Å². The number of oxazole rings is 1. The average molecular weight is 412 g/mol. The highest BCUT2D eigenvalue weighted by atomic mass is 19.4. The molecule has 1 amide bonds. The highest BCUT2D eigenvalue weighted by molar-refractivity contribution is 5.67. The summed E-state index contributed by atoms with van der Waals surface area (Å²) < 4.78 is 53.4. The number of nitrogens with zero attached hydrogens (tertiary/aromatic N) is 1. The van der Waals surface area contributed by atoms with Crippen LogP contribution in [0, 0.1) is 0 Å². The summed E-state index contributed by atoms with van der Waals surface area (Å²) in [5.41, 5.74) is -0.126. The van der Waals surface area contributed by atoms with Gasteiger partial charge < -0.3 is 19.2 Å². The first-order valence-electron chi connectivity index (χ1n) is 8.87. The second kappa shape index (κ2) is 9.60. The van der Waals surface area contributed by atoms with E-state index in [-0.39, 0.29) is 19.8 Å². The van der Waals surface area contributed by atoms with Crippen LogP contribution in [0.1, 0.15) is 43.5 Å². The molecule has 158 valence electrons. The molecular formula is C20H23F3N2O4. The maximum atomic E-state index is 12.5. The zero-order valence-electron chi connectivity index (χ0n) is 16.4. The van der Waals surface area contributed by atoms with Crippen molar-refractivity contribution in [1.82, 2.24) is 10.3 Å². The summed E-state index contributed by atoms with van der Waals surface area (Å²) in [5.74, 6) is 0.301. The van der Waals surface area contributed by atoms with Crippen LogP contribution < -0.4 is 5.32 Å². The molecule has 0 radical (unpaired) electrons. The first-order valence-corrected chi connectivity index (χ1v) is 8.87. The second-order valence-electron chi connectivity index (χ2n) is 7.11. The quantitative estimate of drug-likeness (QED) is 0.655. The van der Waals surface area contributed by atoms with Crippen LogP contribution in [0.2, 0.25) is 0 Å². The monoisotopic (exact) mass is 412 g/mol. The number of alkyl carbamates (subject to hydrolysis) is 1.